The summed E-state index contributed by atoms with van der Waals surface area (Å²) in [7, 11) is 0. The van der Waals surface area contributed by atoms with E-state index in [0.717, 1.165) is 35.2 Å². The molecule has 0 atom stereocenters. The van der Waals surface area contributed by atoms with Gasteiger partial charge in [0.2, 0.25) is 5.88 Å². The summed E-state index contributed by atoms with van der Waals surface area (Å²) in [6.07, 6.45) is 6.61. The second kappa shape index (κ2) is 6.97. The van der Waals surface area contributed by atoms with E-state index in [1.807, 2.05) is 31.2 Å². The third kappa shape index (κ3) is 3.69. The van der Waals surface area contributed by atoms with Crippen molar-refractivity contribution in [2.45, 2.75) is 32.6 Å². The van der Waals surface area contributed by atoms with Crippen molar-refractivity contribution in [2.24, 2.45) is 0 Å². The summed E-state index contributed by atoms with van der Waals surface area (Å²) in [5, 5.41) is 0.736. The summed E-state index contributed by atoms with van der Waals surface area (Å²) in [6.45, 7) is 4.06. The minimum atomic E-state index is 0.566. The fourth-order valence-corrected chi connectivity index (χ4v) is 2.78. The Balaban J connectivity index is 1.76. The smallest absolute Gasteiger partial charge is 0.224 e. The minimum Gasteiger partial charge on any atom is -0.439 e. The monoisotopic (exact) mass is 317 g/mol. The summed E-state index contributed by atoms with van der Waals surface area (Å²) < 4.78 is 5.84. The molecule has 0 spiro atoms. The summed E-state index contributed by atoms with van der Waals surface area (Å²) in [4.78, 5) is 10.9. The first-order chi connectivity index (χ1) is 10.7. The van der Waals surface area contributed by atoms with Crippen molar-refractivity contribution in [3.63, 3.8) is 0 Å². The number of hydrogen-bond donors (Lipinski definition) is 0. The molecule has 0 bridgehead atoms. The van der Waals surface area contributed by atoms with Crippen molar-refractivity contribution in [1.82, 2.24) is 9.97 Å². The van der Waals surface area contributed by atoms with Crippen LogP contribution in [0, 0.1) is 6.92 Å². The number of nitrogens with zero attached hydrogens (tertiary/aromatic N) is 3. The van der Waals surface area contributed by atoms with Crippen molar-refractivity contribution in [3.05, 3.63) is 41.2 Å². The Morgan fingerprint density at radius 1 is 1.05 bits per heavy atom. The van der Waals surface area contributed by atoms with Gasteiger partial charge in [-0.05, 0) is 43.5 Å². The molecule has 0 aliphatic carbocycles. The van der Waals surface area contributed by atoms with E-state index < -0.39 is 0 Å². The van der Waals surface area contributed by atoms with E-state index in [1.54, 1.807) is 6.33 Å². The SMILES string of the molecule is Cc1cc(Oc2cc(N3CCCCCC3)ncn2)ccc1Cl. The lowest BCUT2D eigenvalue weighted by atomic mass is 10.2. The molecule has 5 heteroatoms. The van der Waals surface area contributed by atoms with Crippen LogP contribution in [0.2, 0.25) is 5.02 Å². The van der Waals surface area contributed by atoms with Gasteiger partial charge in [-0.25, -0.2) is 9.97 Å². The van der Waals surface area contributed by atoms with Crippen LogP contribution >= 0.6 is 11.6 Å². The molecule has 1 fully saturated rings. The van der Waals surface area contributed by atoms with E-state index in [0.29, 0.717) is 5.88 Å². The molecule has 1 aliphatic rings. The lowest BCUT2D eigenvalue weighted by Crippen LogP contribution is -2.24. The van der Waals surface area contributed by atoms with E-state index in [2.05, 4.69) is 14.9 Å². The minimum absolute atomic E-state index is 0.566. The Hall–Kier alpha value is -1.81. The number of rotatable bonds is 3. The van der Waals surface area contributed by atoms with Crippen LogP contribution in [0.25, 0.3) is 0 Å². The maximum Gasteiger partial charge on any atom is 0.224 e. The highest BCUT2D eigenvalue weighted by molar-refractivity contribution is 6.31. The number of hydrogen-bond acceptors (Lipinski definition) is 4. The normalized spacial score (nSPS) is 15.5. The molecule has 2 heterocycles. The van der Waals surface area contributed by atoms with Gasteiger partial charge in [-0.15, -0.1) is 0 Å². The van der Waals surface area contributed by atoms with Gasteiger partial charge in [0, 0.05) is 24.2 Å². The maximum atomic E-state index is 6.04. The van der Waals surface area contributed by atoms with Crippen molar-refractivity contribution < 1.29 is 4.74 Å². The predicted octanol–water partition coefficient (Wildman–Crippen LogP) is 4.61. The fourth-order valence-electron chi connectivity index (χ4n) is 2.66. The van der Waals surface area contributed by atoms with E-state index in [9.17, 15) is 0 Å². The number of aryl methyl sites for hydroxylation is 1. The molecular weight excluding hydrogens is 298 g/mol. The number of anilines is 1. The van der Waals surface area contributed by atoms with Crippen LogP contribution < -0.4 is 9.64 Å². The molecule has 1 saturated heterocycles. The molecule has 3 rings (SSSR count). The van der Waals surface area contributed by atoms with Gasteiger partial charge < -0.3 is 9.64 Å². The third-order valence-corrected chi connectivity index (χ3v) is 4.33. The van der Waals surface area contributed by atoms with E-state index in [1.165, 1.54) is 25.7 Å². The fraction of sp³-hybridized carbons (Fsp3) is 0.412. The van der Waals surface area contributed by atoms with E-state index in [-0.39, 0.29) is 0 Å². The molecular formula is C17H20ClN3O. The first-order valence-corrected chi connectivity index (χ1v) is 8.11. The molecule has 0 N–H and O–H groups in total. The Labute approximate surface area is 136 Å². The summed E-state index contributed by atoms with van der Waals surface area (Å²) >= 11 is 6.04. The van der Waals surface area contributed by atoms with Crippen molar-refractivity contribution in [1.29, 1.82) is 0 Å². The molecule has 0 radical (unpaired) electrons. The van der Waals surface area contributed by atoms with Gasteiger partial charge in [0.1, 0.15) is 17.9 Å². The van der Waals surface area contributed by atoms with Gasteiger partial charge in [0.25, 0.3) is 0 Å². The molecule has 2 aromatic rings. The highest BCUT2D eigenvalue weighted by atomic mass is 35.5. The van der Waals surface area contributed by atoms with Crippen molar-refractivity contribution >= 4 is 17.4 Å². The highest BCUT2D eigenvalue weighted by Gasteiger charge is 2.12. The second-order valence-electron chi connectivity index (χ2n) is 5.63. The second-order valence-corrected chi connectivity index (χ2v) is 6.04. The summed E-state index contributed by atoms with van der Waals surface area (Å²) in [5.74, 6) is 2.25. The van der Waals surface area contributed by atoms with Crippen molar-refractivity contribution in [2.75, 3.05) is 18.0 Å². The molecule has 22 heavy (non-hydrogen) atoms. The Bertz CT molecular complexity index is 640. The van der Waals surface area contributed by atoms with E-state index in [4.69, 9.17) is 16.3 Å². The summed E-state index contributed by atoms with van der Waals surface area (Å²) in [5.41, 5.74) is 0.987. The Morgan fingerprint density at radius 3 is 2.55 bits per heavy atom. The van der Waals surface area contributed by atoms with Gasteiger partial charge in [-0.2, -0.15) is 0 Å². The standard InChI is InChI=1S/C17H20ClN3O/c1-13-10-14(6-7-15(13)18)22-17-11-16(19-12-20-17)21-8-4-2-3-5-9-21/h6-7,10-12H,2-5,8-9H2,1H3. The van der Waals surface area contributed by atoms with Crippen LogP contribution in [0.1, 0.15) is 31.2 Å². The Morgan fingerprint density at radius 2 is 1.82 bits per heavy atom. The molecule has 4 nitrogen and oxygen atoms in total. The molecule has 0 amide bonds. The van der Waals surface area contributed by atoms with Crippen LogP contribution in [-0.4, -0.2) is 23.1 Å². The Kier molecular flexibility index (Phi) is 4.78. The lowest BCUT2D eigenvalue weighted by molar-refractivity contribution is 0.461. The number of benzene rings is 1. The van der Waals surface area contributed by atoms with Crippen LogP contribution in [0.15, 0.2) is 30.6 Å². The number of ether oxygens (including phenoxy) is 1. The quantitative estimate of drug-likeness (QED) is 0.828. The lowest BCUT2D eigenvalue weighted by Gasteiger charge is -2.21. The molecule has 1 aliphatic heterocycles. The molecule has 1 aromatic heterocycles. The zero-order valence-electron chi connectivity index (χ0n) is 12.8. The average Bonchev–Trinajstić information content (AvgIpc) is 2.80. The van der Waals surface area contributed by atoms with Crippen LogP contribution in [0.4, 0.5) is 5.82 Å². The maximum absolute atomic E-state index is 6.04. The van der Waals surface area contributed by atoms with Crippen LogP contribution in [0.3, 0.4) is 0 Å². The number of halogens is 1. The van der Waals surface area contributed by atoms with Crippen molar-refractivity contribution in [3.8, 4) is 11.6 Å². The first kappa shape index (κ1) is 15.1. The van der Waals surface area contributed by atoms with Gasteiger partial charge in [-0.3, -0.25) is 0 Å². The van der Waals surface area contributed by atoms with Crippen LogP contribution in [0.5, 0.6) is 11.6 Å². The molecule has 0 unspecified atom stereocenters. The third-order valence-electron chi connectivity index (χ3n) is 3.91. The average molecular weight is 318 g/mol. The topological polar surface area (TPSA) is 38.2 Å². The van der Waals surface area contributed by atoms with E-state index >= 15 is 0 Å². The summed E-state index contributed by atoms with van der Waals surface area (Å²) in [6, 6.07) is 7.51. The zero-order chi connectivity index (χ0) is 15.4. The van der Waals surface area contributed by atoms with Gasteiger partial charge in [0.15, 0.2) is 0 Å². The van der Waals surface area contributed by atoms with Gasteiger partial charge in [0.05, 0.1) is 0 Å². The zero-order valence-corrected chi connectivity index (χ0v) is 13.5. The highest BCUT2D eigenvalue weighted by Crippen LogP contribution is 2.26. The molecule has 1 aromatic carbocycles. The predicted molar refractivity (Wildman–Crippen MR) is 89.0 cm³/mol. The largest absolute Gasteiger partial charge is 0.439 e. The molecule has 116 valence electrons. The first-order valence-electron chi connectivity index (χ1n) is 7.73. The van der Waals surface area contributed by atoms with Crippen LogP contribution in [-0.2, 0) is 0 Å². The van der Waals surface area contributed by atoms with Gasteiger partial charge in [-0.1, -0.05) is 24.4 Å². The van der Waals surface area contributed by atoms with Gasteiger partial charge >= 0.3 is 0 Å². The molecule has 0 saturated carbocycles. The number of aromatic nitrogens is 2.